The molecule has 0 radical (unpaired) electrons. The van der Waals surface area contributed by atoms with Gasteiger partial charge in [-0.05, 0) is 18.4 Å². The quantitative estimate of drug-likeness (QED) is 0.247. The first-order chi connectivity index (χ1) is 11.3. The molecule has 1 heteroatoms. The Balaban J connectivity index is 1.95. The van der Waals surface area contributed by atoms with Gasteiger partial charge in [0.05, 0.1) is 0 Å². The van der Waals surface area contributed by atoms with E-state index in [-0.39, 0.29) is 0 Å². The Bertz CT molecular complexity index is 396. The van der Waals surface area contributed by atoms with Crippen molar-refractivity contribution in [3.05, 3.63) is 35.9 Å². The third-order valence-electron chi connectivity index (χ3n) is 4.81. The molecule has 23 heavy (non-hydrogen) atoms. The van der Waals surface area contributed by atoms with Gasteiger partial charge in [-0.3, -0.25) is 0 Å². The van der Waals surface area contributed by atoms with Gasteiger partial charge < -0.3 is 0 Å². The minimum atomic E-state index is 0.425. The van der Waals surface area contributed by atoms with Gasteiger partial charge in [0.2, 0.25) is 0 Å². The molecule has 1 rings (SSSR count). The summed E-state index contributed by atoms with van der Waals surface area (Å²) in [5, 5.41) is 0. The fourth-order valence-corrected chi connectivity index (χ4v) is 3.39. The highest BCUT2D eigenvalue weighted by atomic mass is 32.1. The lowest BCUT2D eigenvalue weighted by molar-refractivity contribution is 0.551. The van der Waals surface area contributed by atoms with Crippen LogP contribution in [0.4, 0.5) is 0 Å². The summed E-state index contributed by atoms with van der Waals surface area (Å²) in [4.78, 5) is 1.23. The van der Waals surface area contributed by atoms with E-state index in [9.17, 15) is 0 Å². The molecule has 0 aliphatic heterocycles. The molecule has 1 atom stereocenters. The summed E-state index contributed by atoms with van der Waals surface area (Å²) in [7, 11) is 0. The van der Waals surface area contributed by atoms with E-state index in [0.717, 1.165) is 6.42 Å². The molecule has 0 bridgehead atoms. The molecule has 130 valence electrons. The van der Waals surface area contributed by atoms with Crippen LogP contribution in [-0.4, -0.2) is 4.86 Å². The molecule has 0 saturated heterocycles. The number of benzene rings is 1. The Hall–Kier alpha value is -0.690. The van der Waals surface area contributed by atoms with E-state index < -0.39 is 0 Å². The fourth-order valence-electron chi connectivity index (χ4n) is 3.11. The maximum Gasteiger partial charge on any atom is 0.0125 e. The molecule has 0 amide bonds. The van der Waals surface area contributed by atoms with Gasteiger partial charge in [0.25, 0.3) is 0 Å². The highest BCUT2D eigenvalue weighted by Crippen LogP contribution is 2.20. The minimum absolute atomic E-state index is 0.425. The van der Waals surface area contributed by atoms with Crippen LogP contribution >= 0.6 is 12.2 Å². The SMILES string of the molecule is CCCCCCCCCCCCCC(=S)C(C)c1ccccc1. The minimum Gasteiger partial charge on any atom is -0.0890 e. The van der Waals surface area contributed by atoms with Crippen molar-refractivity contribution in [3.8, 4) is 0 Å². The van der Waals surface area contributed by atoms with E-state index in [0.29, 0.717) is 5.92 Å². The summed E-state index contributed by atoms with van der Waals surface area (Å²) >= 11 is 5.63. The lowest BCUT2D eigenvalue weighted by Gasteiger charge is -2.13. The second-order valence-corrected chi connectivity index (χ2v) is 7.41. The van der Waals surface area contributed by atoms with E-state index in [4.69, 9.17) is 12.2 Å². The first-order valence-corrected chi connectivity index (χ1v) is 10.2. The molecule has 0 fully saturated rings. The van der Waals surface area contributed by atoms with Gasteiger partial charge in [-0.25, -0.2) is 0 Å². The van der Waals surface area contributed by atoms with Crippen LogP contribution in [0.3, 0.4) is 0 Å². The highest BCUT2D eigenvalue weighted by Gasteiger charge is 2.10. The molecule has 0 spiro atoms. The fraction of sp³-hybridized carbons (Fsp3) is 0.682. The van der Waals surface area contributed by atoms with Crippen molar-refractivity contribution in [1.82, 2.24) is 0 Å². The van der Waals surface area contributed by atoms with E-state index in [2.05, 4.69) is 44.2 Å². The predicted octanol–water partition coefficient (Wildman–Crippen LogP) is 7.86. The lowest BCUT2D eigenvalue weighted by atomic mass is 9.94. The summed E-state index contributed by atoms with van der Waals surface area (Å²) in [5.74, 6) is 0.425. The van der Waals surface area contributed by atoms with Gasteiger partial charge >= 0.3 is 0 Å². The molecule has 0 aliphatic rings. The van der Waals surface area contributed by atoms with Crippen LogP contribution in [0.5, 0.6) is 0 Å². The second kappa shape index (κ2) is 13.7. The summed E-state index contributed by atoms with van der Waals surface area (Å²) in [6, 6.07) is 10.7. The van der Waals surface area contributed by atoms with Crippen LogP contribution in [0, 0.1) is 0 Å². The summed E-state index contributed by atoms with van der Waals surface area (Å²) in [5.41, 5.74) is 1.36. The van der Waals surface area contributed by atoms with Crippen LogP contribution in [0.1, 0.15) is 102 Å². The molecular formula is C22H36S. The number of hydrogen-bond donors (Lipinski definition) is 0. The van der Waals surface area contributed by atoms with Gasteiger partial charge in [0, 0.05) is 10.8 Å². The monoisotopic (exact) mass is 332 g/mol. The molecule has 0 saturated carbocycles. The normalized spacial score (nSPS) is 12.3. The highest BCUT2D eigenvalue weighted by molar-refractivity contribution is 7.80. The standard InChI is InChI=1S/C22H36S/c1-3-4-5-6-7-8-9-10-11-12-16-19-22(23)20(2)21-17-14-13-15-18-21/h13-15,17-18,20H,3-12,16,19H2,1-2H3. The first-order valence-electron chi connectivity index (χ1n) is 9.83. The molecule has 1 unspecified atom stereocenters. The third-order valence-corrected chi connectivity index (χ3v) is 5.37. The van der Waals surface area contributed by atoms with E-state index >= 15 is 0 Å². The predicted molar refractivity (Wildman–Crippen MR) is 109 cm³/mol. The van der Waals surface area contributed by atoms with Crippen LogP contribution in [0.2, 0.25) is 0 Å². The molecule has 0 heterocycles. The van der Waals surface area contributed by atoms with E-state index in [1.807, 2.05) is 0 Å². The van der Waals surface area contributed by atoms with E-state index in [1.54, 1.807) is 0 Å². The van der Waals surface area contributed by atoms with Crippen molar-refractivity contribution < 1.29 is 0 Å². The summed E-state index contributed by atoms with van der Waals surface area (Å²) in [6.45, 7) is 4.53. The summed E-state index contributed by atoms with van der Waals surface area (Å²) in [6.07, 6.45) is 16.5. The average molecular weight is 333 g/mol. The van der Waals surface area contributed by atoms with Crippen LogP contribution in [0.25, 0.3) is 0 Å². The third kappa shape index (κ3) is 9.91. The van der Waals surface area contributed by atoms with Crippen molar-refractivity contribution in [1.29, 1.82) is 0 Å². The Morgan fingerprint density at radius 2 is 1.26 bits per heavy atom. The van der Waals surface area contributed by atoms with Crippen LogP contribution < -0.4 is 0 Å². The number of thiocarbonyl (C=S) groups is 1. The largest absolute Gasteiger partial charge is 0.0890 e. The number of hydrogen-bond acceptors (Lipinski definition) is 1. The number of unbranched alkanes of at least 4 members (excludes halogenated alkanes) is 10. The summed E-state index contributed by atoms with van der Waals surface area (Å²) < 4.78 is 0. The molecule has 1 aromatic carbocycles. The topological polar surface area (TPSA) is 0 Å². The first kappa shape index (κ1) is 20.4. The molecule has 0 nitrogen and oxygen atoms in total. The van der Waals surface area contributed by atoms with Crippen LogP contribution in [0.15, 0.2) is 30.3 Å². The molecule has 0 N–H and O–H groups in total. The number of rotatable bonds is 14. The van der Waals surface area contributed by atoms with Gasteiger partial charge in [-0.1, -0.05) is 121 Å². The molecule has 0 aliphatic carbocycles. The zero-order valence-corrected chi connectivity index (χ0v) is 16.2. The smallest absolute Gasteiger partial charge is 0.0125 e. The lowest BCUT2D eigenvalue weighted by Crippen LogP contribution is -2.06. The Morgan fingerprint density at radius 1 is 0.783 bits per heavy atom. The van der Waals surface area contributed by atoms with Crippen molar-refractivity contribution in [2.75, 3.05) is 0 Å². The average Bonchev–Trinajstić information content (AvgIpc) is 2.59. The molecular weight excluding hydrogens is 296 g/mol. The van der Waals surface area contributed by atoms with Gasteiger partial charge in [-0.2, -0.15) is 0 Å². The van der Waals surface area contributed by atoms with Gasteiger partial charge in [-0.15, -0.1) is 0 Å². The van der Waals surface area contributed by atoms with Crippen LogP contribution in [-0.2, 0) is 0 Å². The maximum absolute atomic E-state index is 5.63. The van der Waals surface area contributed by atoms with E-state index in [1.165, 1.54) is 81.1 Å². The zero-order chi connectivity index (χ0) is 16.8. The van der Waals surface area contributed by atoms with Crippen molar-refractivity contribution in [2.24, 2.45) is 0 Å². The Labute approximate surface area is 150 Å². The molecule has 0 aromatic heterocycles. The van der Waals surface area contributed by atoms with Crippen molar-refractivity contribution >= 4 is 17.1 Å². The van der Waals surface area contributed by atoms with Crippen molar-refractivity contribution in [2.45, 2.75) is 96.8 Å². The Kier molecular flexibility index (Phi) is 12.1. The van der Waals surface area contributed by atoms with Gasteiger partial charge in [0.15, 0.2) is 0 Å². The van der Waals surface area contributed by atoms with Gasteiger partial charge in [0.1, 0.15) is 0 Å². The maximum atomic E-state index is 5.63. The van der Waals surface area contributed by atoms with Crippen molar-refractivity contribution in [3.63, 3.8) is 0 Å². The Morgan fingerprint density at radius 3 is 1.78 bits per heavy atom. The zero-order valence-electron chi connectivity index (χ0n) is 15.4. The molecule has 1 aromatic rings. The second-order valence-electron chi connectivity index (χ2n) is 6.88.